The summed E-state index contributed by atoms with van der Waals surface area (Å²) >= 11 is 0. The minimum Gasteiger partial charge on any atom is -0.494 e. The Bertz CT molecular complexity index is 699. The van der Waals surface area contributed by atoms with Crippen molar-refractivity contribution in [2.45, 2.75) is 39.7 Å². The summed E-state index contributed by atoms with van der Waals surface area (Å²) in [7, 11) is 2.06. The molecule has 1 saturated heterocycles. The third-order valence-electron chi connectivity index (χ3n) is 4.27. The number of aromatic amines is 1. The number of unbranched alkanes of at least 4 members (excludes halogenated alkanes) is 1. The molecule has 0 atom stereocenters. The highest BCUT2D eigenvalue weighted by Gasteiger charge is 2.20. The van der Waals surface area contributed by atoms with Gasteiger partial charge in [0.1, 0.15) is 5.56 Å². The standard InChI is InChI=1S/C16H27N5O3/c1-4-6-7-21-15(23)13(14(22)17-16(21)24)12(5-2)18-20-10-8-19(3)9-11-20/h23H,4-11H2,1-3H3,(H,17,22,24)/b18-12+. The van der Waals surface area contributed by atoms with E-state index in [0.717, 1.165) is 39.0 Å². The van der Waals surface area contributed by atoms with Crippen molar-refractivity contribution in [3.05, 3.63) is 26.4 Å². The summed E-state index contributed by atoms with van der Waals surface area (Å²) in [5.41, 5.74) is -0.555. The number of piperazine rings is 1. The van der Waals surface area contributed by atoms with Crippen LogP contribution in [-0.2, 0) is 6.54 Å². The number of hydrogen-bond donors (Lipinski definition) is 2. The monoisotopic (exact) mass is 337 g/mol. The Balaban J connectivity index is 2.40. The molecule has 8 heteroatoms. The van der Waals surface area contributed by atoms with E-state index in [2.05, 4.69) is 22.0 Å². The van der Waals surface area contributed by atoms with Gasteiger partial charge in [-0.15, -0.1) is 0 Å². The quantitative estimate of drug-likeness (QED) is 0.733. The molecule has 1 aliphatic rings. The van der Waals surface area contributed by atoms with Gasteiger partial charge in [0, 0.05) is 32.7 Å². The molecule has 0 amide bonds. The van der Waals surface area contributed by atoms with E-state index in [1.807, 2.05) is 18.9 Å². The summed E-state index contributed by atoms with van der Waals surface area (Å²) < 4.78 is 1.22. The van der Waals surface area contributed by atoms with Crippen LogP contribution in [0.1, 0.15) is 38.7 Å². The molecule has 0 aromatic carbocycles. The van der Waals surface area contributed by atoms with Gasteiger partial charge in [0.05, 0.1) is 5.71 Å². The Morgan fingerprint density at radius 1 is 1.21 bits per heavy atom. The Morgan fingerprint density at radius 2 is 1.88 bits per heavy atom. The second-order valence-electron chi connectivity index (χ2n) is 6.12. The summed E-state index contributed by atoms with van der Waals surface area (Å²) in [6.45, 7) is 7.60. The summed E-state index contributed by atoms with van der Waals surface area (Å²) in [4.78, 5) is 28.7. The molecule has 0 aliphatic carbocycles. The van der Waals surface area contributed by atoms with Crippen LogP contribution in [0, 0.1) is 0 Å². The normalized spacial score (nSPS) is 16.6. The Hall–Kier alpha value is -2.09. The van der Waals surface area contributed by atoms with Crippen LogP contribution < -0.4 is 11.2 Å². The van der Waals surface area contributed by atoms with E-state index in [9.17, 15) is 14.7 Å². The van der Waals surface area contributed by atoms with Crippen LogP contribution in [0.25, 0.3) is 0 Å². The molecule has 134 valence electrons. The minimum absolute atomic E-state index is 0.104. The number of H-pyrrole nitrogens is 1. The van der Waals surface area contributed by atoms with E-state index in [1.165, 1.54) is 4.57 Å². The predicted octanol–water partition coefficient (Wildman–Crippen LogP) is 0.404. The highest BCUT2D eigenvalue weighted by atomic mass is 16.3. The fourth-order valence-electron chi connectivity index (χ4n) is 2.71. The molecular weight excluding hydrogens is 310 g/mol. The second kappa shape index (κ2) is 8.14. The lowest BCUT2D eigenvalue weighted by Gasteiger charge is -2.31. The number of likely N-dealkylation sites (N-methyl/N-ethyl adjacent to an activating group) is 1. The van der Waals surface area contributed by atoms with Gasteiger partial charge in [-0.3, -0.25) is 19.4 Å². The van der Waals surface area contributed by atoms with Gasteiger partial charge in [-0.2, -0.15) is 5.10 Å². The molecule has 8 nitrogen and oxygen atoms in total. The number of hydrazone groups is 1. The Labute approximate surface area is 141 Å². The first kappa shape index (κ1) is 18.3. The molecular formula is C16H27N5O3. The molecule has 2 N–H and O–H groups in total. The molecule has 1 fully saturated rings. The topological polar surface area (TPSA) is 93.9 Å². The average molecular weight is 337 g/mol. The van der Waals surface area contributed by atoms with Crippen molar-refractivity contribution in [3.8, 4) is 5.88 Å². The zero-order valence-electron chi connectivity index (χ0n) is 14.7. The minimum atomic E-state index is -0.583. The van der Waals surface area contributed by atoms with Gasteiger partial charge in [-0.25, -0.2) is 4.79 Å². The Morgan fingerprint density at radius 3 is 2.46 bits per heavy atom. The first-order valence-corrected chi connectivity index (χ1v) is 8.55. The van der Waals surface area contributed by atoms with Crippen LogP contribution in [0.3, 0.4) is 0 Å². The molecule has 0 radical (unpaired) electrons. The van der Waals surface area contributed by atoms with Crippen LogP contribution >= 0.6 is 0 Å². The summed E-state index contributed by atoms with van der Waals surface area (Å²) in [6, 6.07) is 0. The van der Waals surface area contributed by atoms with Gasteiger partial charge >= 0.3 is 5.69 Å². The van der Waals surface area contributed by atoms with Crippen molar-refractivity contribution in [1.82, 2.24) is 19.5 Å². The lowest BCUT2D eigenvalue weighted by Crippen LogP contribution is -2.42. The summed E-state index contributed by atoms with van der Waals surface area (Å²) in [6.07, 6.45) is 2.13. The van der Waals surface area contributed by atoms with Crippen LogP contribution in [-0.4, -0.2) is 63.5 Å². The van der Waals surface area contributed by atoms with E-state index in [0.29, 0.717) is 18.7 Å². The molecule has 2 rings (SSSR count). The van der Waals surface area contributed by atoms with Crippen molar-refractivity contribution >= 4 is 5.71 Å². The zero-order valence-corrected chi connectivity index (χ0v) is 14.7. The third-order valence-corrected chi connectivity index (χ3v) is 4.27. The average Bonchev–Trinajstić information content (AvgIpc) is 2.55. The summed E-state index contributed by atoms with van der Waals surface area (Å²) in [5, 5.41) is 17.0. The molecule has 2 heterocycles. The van der Waals surface area contributed by atoms with Crippen molar-refractivity contribution in [2.75, 3.05) is 33.2 Å². The maximum absolute atomic E-state index is 12.2. The molecule has 1 aromatic rings. The highest BCUT2D eigenvalue weighted by molar-refractivity contribution is 6.01. The maximum Gasteiger partial charge on any atom is 0.331 e. The first-order valence-electron chi connectivity index (χ1n) is 8.55. The van der Waals surface area contributed by atoms with E-state index < -0.39 is 11.2 Å². The van der Waals surface area contributed by atoms with E-state index in [-0.39, 0.29) is 11.4 Å². The zero-order chi connectivity index (χ0) is 17.7. The van der Waals surface area contributed by atoms with Gasteiger partial charge < -0.3 is 10.0 Å². The molecule has 0 unspecified atom stereocenters. The van der Waals surface area contributed by atoms with Gasteiger partial charge in [0.25, 0.3) is 5.56 Å². The largest absolute Gasteiger partial charge is 0.494 e. The van der Waals surface area contributed by atoms with Crippen LogP contribution in [0.4, 0.5) is 0 Å². The molecule has 24 heavy (non-hydrogen) atoms. The molecule has 0 spiro atoms. The smallest absolute Gasteiger partial charge is 0.331 e. The predicted molar refractivity (Wildman–Crippen MR) is 93.8 cm³/mol. The molecule has 1 aliphatic heterocycles. The van der Waals surface area contributed by atoms with Gasteiger partial charge in [0.15, 0.2) is 0 Å². The fraction of sp³-hybridized carbons (Fsp3) is 0.688. The fourth-order valence-corrected chi connectivity index (χ4v) is 2.71. The second-order valence-corrected chi connectivity index (χ2v) is 6.12. The van der Waals surface area contributed by atoms with Crippen molar-refractivity contribution in [3.63, 3.8) is 0 Å². The van der Waals surface area contributed by atoms with Crippen molar-refractivity contribution in [2.24, 2.45) is 5.10 Å². The van der Waals surface area contributed by atoms with E-state index >= 15 is 0 Å². The van der Waals surface area contributed by atoms with E-state index in [4.69, 9.17) is 0 Å². The van der Waals surface area contributed by atoms with Crippen LogP contribution in [0.2, 0.25) is 0 Å². The van der Waals surface area contributed by atoms with Gasteiger partial charge in [-0.05, 0) is 19.9 Å². The molecule has 1 aromatic heterocycles. The number of hydrogen-bond acceptors (Lipinski definition) is 6. The lowest BCUT2D eigenvalue weighted by atomic mass is 10.1. The van der Waals surface area contributed by atoms with Crippen molar-refractivity contribution in [1.29, 1.82) is 0 Å². The highest BCUT2D eigenvalue weighted by Crippen LogP contribution is 2.15. The lowest BCUT2D eigenvalue weighted by molar-refractivity contribution is 0.159. The first-order chi connectivity index (χ1) is 11.5. The van der Waals surface area contributed by atoms with Crippen LogP contribution in [0.15, 0.2) is 14.7 Å². The maximum atomic E-state index is 12.2. The molecule has 0 saturated carbocycles. The number of aromatic hydroxyl groups is 1. The van der Waals surface area contributed by atoms with Gasteiger partial charge in [-0.1, -0.05) is 20.3 Å². The summed E-state index contributed by atoms with van der Waals surface area (Å²) in [5.74, 6) is -0.285. The van der Waals surface area contributed by atoms with Gasteiger partial charge in [0.2, 0.25) is 5.88 Å². The number of nitrogens with zero attached hydrogens (tertiary/aromatic N) is 4. The van der Waals surface area contributed by atoms with Crippen molar-refractivity contribution < 1.29 is 5.11 Å². The number of aromatic nitrogens is 2. The Kier molecular flexibility index (Phi) is 6.19. The number of rotatable bonds is 6. The third kappa shape index (κ3) is 4.05. The SMILES string of the molecule is CCCCn1c(O)c(/C(CC)=N/N2CCN(C)CC2)c(=O)[nH]c1=O. The molecule has 0 bridgehead atoms. The van der Waals surface area contributed by atoms with Crippen LogP contribution in [0.5, 0.6) is 5.88 Å². The number of nitrogens with one attached hydrogen (secondary N) is 1. The van der Waals surface area contributed by atoms with E-state index in [1.54, 1.807) is 0 Å².